The number of hydrogen-bond acceptors (Lipinski definition) is 6. The number of aromatic nitrogens is 2. The molecule has 29 heavy (non-hydrogen) atoms. The monoisotopic (exact) mass is 430 g/mol. The summed E-state index contributed by atoms with van der Waals surface area (Å²) < 4.78 is 9.50. The summed E-state index contributed by atoms with van der Waals surface area (Å²) in [5, 5.41) is 7.77. The van der Waals surface area contributed by atoms with Crippen molar-refractivity contribution in [1.29, 1.82) is 0 Å². The van der Waals surface area contributed by atoms with Crippen molar-refractivity contribution in [3.63, 3.8) is 0 Å². The standard InChI is InChI=1S/C21H23ClN4O2S/c1-14(24-20(27)16-5-9-18(28-2)10-6-16)11-12-23-21-25-19(26-29-21)13-15-3-7-17(22)8-4-15/h3-10,14H,11-13H2,1-2H3,(H,24,27)(H,23,25,26). The molecule has 0 aliphatic heterocycles. The van der Waals surface area contributed by atoms with Crippen LogP contribution < -0.4 is 15.4 Å². The third kappa shape index (κ3) is 6.44. The molecular weight excluding hydrogens is 408 g/mol. The Balaban J connectivity index is 1.41. The summed E-state index contributed by atoms with van der Waals surface area (Å²) in [6.45, 7) is 2.68. The van der Waals surface area contributed by atoms with Gasteiger partial charge in [-0.15, -0.1) is 0 Å². The smallest absolute Gasteiger partial charge is 0.251 e. The maximum absolute atomic E-state index is 12.3. The average Bonchev–Trinajstić information content (AvgIpc) is 3.17. The Hall–Kier alpha value is -2.64. The quantitative estimate of drug-likeness (QED) is 0.525. The molecule has 8 heteroatoms. The molecule has 3 rings (SSSR count). The second-order valence-corrected chi connectivity index (χ2v) is 7.83. The van der Waals surface area contributed by atoms with Crippen molar-refractivity contribution < 1.29 is 9.53 Å². The predicted molar refractivity (Wildman–Crippen MR) is 117 cm³/mol. The van der Waals surface area contributed by atoms with Crippen LogP contribution >= 0.6 is 23.1 Å². The third-order valence-electron chi connectivity index (χ3n) is 4.33. The van der Waals surface area contributed by atoms with Crippen molar-refractivity contribution in [2.24, 2.45) is 0 Å². The summed E-state index contributed by atoms with van der Waals surface area (Å²) in [5.41, 5.74) is 1.73. The maximum atomic E-state index is 12.3. The lowest BCUT2D eigenvalue weighted by atomic mass is 10.1. The topological polar surface area (TPSA) is 76.1 Å². The molecule has 6 nitrogen and oxygen atoms in total. The molecule has 0 radical (unpaired) electrons. The summed E-state index contributed by atoms with van der Waals surface area (Å²) in [5.74, 6) is 1.41. The minimum absolute atomic E-state index is 0.0264. The molecule has 0 bridgehead atoms. The van der Waals surface area contributed by atoms with E-state index in [0.717, 1.165) is 33.7 Å². The number of carbonyl (C=O) groups excluding carboxylic acids is 1. The summed E-state index contributed by atoms with van der Waals surface area (Å²) >= 11 is 7.25. The van der Waals surface area contributed by atoms with Crippen molar-refractivity contribution in [1.82, 2.24) is 14.7 Å². The molecule has 2 N–H and O–H groups in total. The fourth-order valence-electron chi connectivity index (χ4n) is 2.70. The van der Waals surface area contributed by atoms with E-state index in [1.807, 2.05) is 31.2 Å². The van der Waals surface area contributed by atoms with Crippen LogP contribution in [0, 0.1) is 0 Å². The van der Waals surface area contributed by atoms with Crippen LogP contribution in [-0.2, 0) is 6.42 Å². The van der Waals surface area contributed by atoms with E-state index in [2.05, 4.69) is 20.0 Å². The average molecular weight is 431 g/mol. The number of nitrogens with one attached hydrogen (secondary N) is 2. The van der Waals surface area contributed by atoms with E-state index >= 15 is 0 Å². The van der Waals surface area contributed by atoms with E-state index in [9.17, 15) is 4.79 Å². The number of nitrogens with zero attached hydrogens (tertiary/aromatic N) is 2. The van der Waals surface area contributed by atoms with Crippen LogP contribution in [0.5, 0.6) is 5.75 Å². The molecule has 0 saturated heterocycles. The van der Waals surface area contributed by atoms with Crippen LogP contribution in [0.3, 0.4) is 0 Å². The molecule has 1 heterocycles. The van der Waals surface area contributed by atoms with Gasteiger partial charge < -0.3 is 15.4 Å². The van der Waals surface area contributed by atoms with Gasteiger partial charge in [-0.2, -0.15) is 4.37 Å². The molecule has 0 aliphatic rings. The number of amides is 1. The number of anilines is 1. The molecule has 0 fully saturated rings. The number of methoxy groups -OCH3 is 1. The van der Waals surface area contributed by atoms with Crippen molar-refractivity contribution in [2.45, 2.75) is 25.8 Å². The number of ether oxygens (including phenoxy) is 1. The minimum Gasteiger partial charge on any atom is -0.497 e. The highest BCUT2D eigenvalue weighted by molar-refractivity contribution is 7.09. The van der Waals surface area contributed by atoms with E-state index in [4.69, 9.17) is 16.3 Å². The van der Waals surface area contributed by atoms with E-state index in [1.54, 1.807) is 31.4 Å². The van der Waals surface area contributed by atoms with E-state index in [1.165, 1.54) is 11.5 Å². The van der Waals surface area contributed by atoms with Crippen LogP contribution in [-0.4, -0.2) is 35.0 Å². The van der Waals surface area contributed by atoms with E-state index < -0.39 is 0 Å². The fourth-order valence-corrected chi connectivity index (χ4v) is 3.44. The molecule has 0 saturated carbocycles. The van der Waals surface area contributed by atoms with Gasteiger partial charge in [0.1, 0.15) is 11.6 Å². The lowest BCUT2D eigenvalue weighted by molar-refractivity contribution is 0.0939. The molecule has 0 aliphatic carbocycles. The van der Waals surface area contributed by atoms with Crippen molar-refractivity contribution in [3.05, 3.63) is 70.5 Å². The predicted octanol–water partition coefficient (Wildman–Crippen LogP) is 4.41. The van der Waals surface area contributed by atoms with Gasteiger partial charge in [0.25, 0.3) is 5.91 Å². The van der Waals surface area contributed by atoms with E-state index in [0.29, 0.717) is 18.5 Å². The normalized spacial score (nSPS) is 11.7. The number of halogens is 1. The minimum atomic E-state index is -0.0960. The Kier molecular flexibility index (Phi) is 7.43. The van der Waals surface area contributed by atoms with Crippen LogP contribution in [0.1, 0.15) is 35.1 Å². The first kappa shape index (κ1) is 21.1. The zero-order chi connectivity index (χ0) is 20.6. The Labute approximate surface area is 179 Å². The van der Waals surface area contributed by atoms with Crippen LogP contribution in [0.15, 0.2) is 48.5 Å². The number of rotatable bonds is 9. The van der Waals surface area contributed by atoms with Gasteiger partial charge in [-0.3, -0.25) is 4.79 Å². The molecule has 1 amide bonds. The second kappa shape index (κ2) is 10.2. The number of hydrogen-bond donors (Lipinski definition) is 2. The van der Waals surface area contributed by atoms with E-state index in [-0.39, 0.29) is 11.9 Å². The first-order valence-corrected chi connectivity index (χ1v) is 10.4. The van der Waals surface area contributed by atoms with Crippen molar-refractivity contribution in [2.75, 3.05) is 19.0 Å². The maximum Gasteiger partial charge on any atom is 0.251 e. The Morgan fingerprint density at radius 3 is 2.59 bits per heavy atom. The van der Waals surface area contributed by atoms with Gasteiger partial charge in [0.05, 0.1) is 7.11 Å². The van der Waals surface area contributed by atoms with Gasteiger partial charge in [-0.25, -0.2) is 4.98 Å². The highest BCUT2D eigenvalue weighted by atomic mass is 35.5. The summed E-state index contributed by atoms with van der Waals surface area (Å²) in [7, 11) is 1.60. The molecule has 1 unspecified atom stereocenters. The largest absolute Gasteiger partial charge is 0.497 e. The molecule has 152 valence electrons. The fraction of sp³-hybridized carbons (Fsp3) is 0.286. The summed E-state index contributed by atoms with van der Waals surface area (Å²) in [6.07, 6.45) is 1.44. The zero-order valence-electron chi connectivity index (χ0n) is 16.3. The first-order valence-electron chi connectivity index (χ1n) is 9.29. The van der Waals surface area contributed by atoms with Gasteiger partial charge in [0, 0.05) is 41.1 Å². The molecule has 1 atom stereocenters. The van der Waals surface area contributed by atoms with Crippen LogP contribution in [0.4, 0.5) is 5.13 Å². The Morgan fingerprint density at radius 2 is 1.90 bits per heavy atom. The molecule has 1 aromatic heterocycles. The Morgan fingerprint density at radius 1 is 1.17 bits per heavy atom. The van der Waals surface area contributed by atoms with Gasteiger partial charge in [0.2, 0.25) is 5.13 Å². The molecule has 0 spiro atoms. The van der Waals surface area contributed by atoms with Crippen molar-refractivity contribution >= 4 is 34.2 Å². The van der Waals surface area contributed by atoms with Gasteiger partial charge in [-0.05, 0) is 55.3 Å². The second-order valence-electron chi connectivity index (χ2n) is 6.64. The number of carbonyl (C=O) groups is 1. The molecular formula is C21H23ClN4O2S. The first-order chi connectivity index (χ1) is 14.0. The van der Waals surface area contributed by atoms with Gasteiger partial charge >= 0.3 is 0 Å². The van der Waals surface area contributed by atoms with Gasteiger partial charge in [0.15, 0.2) is 0 Å². The highest BCUT2D eigenvalue weighted by Gasteiger charge is 2.11. The molecule has 2 aromatic carbocycles. The van der Waals surface area contributed by atoms with Gasteiger partial charge in [-0.1, -0.05) is 23.7 Å². The SMILES string of the molecule is COc1ccc(C(=O)NC(C)CCNc2nc(Cc3ccc(Cl)cc3)ns2)cc1. The summed E-state index contributed by atoms with van der Waals surface area (Å²) in [4.78, 5) is 16.8. The highest BCUT2D eigenvalue weighted by Crippen LogP contribution is 2.16. The van der Waals surface area contributed by atoms with Crippen molar-refractivity contribution in [3.8, 4) is 5.75 Å². The number of benzene rings is 2. The van der Waals surface area contributed by atoms with Crippen LogP contribution in [0.25, 0.3) is 0 Å². The summed E-state index contributed by atoms with van der Waals surface area (Å²) in [6, 6.07) is 14.8. The lowest BCUT2D eigenvalue weighted by Gasteiger charge is -2.14. The van der Waals surface area contributed by atoms with Crippen LogP contribution in [0.2, 0.25) is 5.02 Å². The third-order valence-corrected chi connectivity index (χ3v) is 5.29. The Bertz CT molecular complexity index is 929. The molecule has 3 aromatic rings. The zero-order valence-corrected chi connectivity index (χ0v) is 17.9. The lowest BCUT2D eigenvalue weighted by Crippen LogP contribution is -2.33.